The van der Waals surface area contributed by atoms with E-state index in [2.05, 4.69) is 78.7 Å². The molecule has 0 saturated heterocycles. The summed E-state index contributed by atoms with van der Waals surface area (Å²) in [6, 6.07) is 21.6. The molecule has 0 aromatic heterocycles. The summed E-state index contributed by atoms with van der Waals surface area (Å²) in [6.45, 7) is 2.18. The molecule has 1 nitrogen and oxygen atoms in total. The van der Waals surface area contributed by atoms with Gasteiger partial charge in [-0.05, 0) is 81.0 Å². The Hall–Kier alpha value is -2.61. The number of hydrogen-bond donors (Lipinski definition) is 0. The zero-order valence-corrected chi connectivity index (χ0v) is 19.8. The van der Waals surface area contributed by atoms with Gasteiger partial charge >= 0.3 is 0 Å². The third kappa shape index (κ3) is 4.33. The molecule has 0 fully saturated rings. The molecule has 1 atom stereocenters. The van der Waals surface area contributed by atoms with E-state index in [0.717, 1.165) is 25.7 Å². The summed E-state index contributed by atoms with van der Waals surface area (Å²) in [5.74, 6) is 0. The lowest BCUT2D eigenvalue weighted by Crippen LogP contribution is -2.26. The van der Waals surface area contributed by atoms with Crippen LogP contribution >= 0.6 is 24.0 Å². The Morgan fingerprint density at radius 2 is 1.62 bits per heavy atom. The van der Waals surface area contributed by atoms with Crippen molar-refractivity contribution in [3.63, 3.8) is 0 Å². The minimum atomic E-state index is 0. The lowest BCUT2D eigenvalue weighted by Gasteiger charge is -2.22. The zero-order chi connectivity index (χ0) is 21.2. The van der Waals surface area contributed by atoms with Crippen molar-refractivity contribution < 1.29 is 0 Å². The summed E-state index contributed by atoms with van der Waals surface area (Å²) < 4.78 is 0. The molecule has 2 aliphatic carbocycles. The fourth-order valence-electron chi connectivity index (χ4n) is 4.84. The van der Waals surface area contributed by atoms with E-state index in [9.17, 15) is 0 Å². The summed E-state index contributed by atoms with van der Waals surface area (Å²) in [6.07, 6.45) is 12.4. The Bertz CT molecular complexity index is 1420. The van der Waals surface area contributed by atoms with Crippen LogP contribution in [0.5, 0.6) is 0 Å². The molecule has 6 rings (SSSR count). The monoisotopic (exact) mass is 459 g/mol. The molecule has 0 bridgehead atoms. The van der Waals surface area contributed by atoms with Crippen LogP contribution in [0, 0.1) is 10.4 Å². The van der Waals surface area contributed by atoms with E-state index in [4.69, 9.17) is 11.6 Å². The molecule has 3 aromatic carbocycles. The van der Waals surface area contributed by atoms with Crippen LogP contribution in [0.15, 0.2) is 71.9 Å². The summed E-state index contributed by atoms with van der Waals surface area (Å²) in [5.41, 5.74) is 7.02. The van der Waals surface area contributed by atoms with Crippen molar-refractivity contribution in [1.29, 1.82) is 0 Å². The number of hydrogen-bond acceptors (Lipinski definition) is 1. The van der Waals surface area contributed by atoms with Gasteiger partial charge in [0, 0.05) is 18.8 Å². The van der Waals surface area contributed by atoms with Crippen molar-refractivity contribution in [3.8, 4) is 0 Å². The van der Waals surface area contributed by atoms with Crippen LogP contribution in [0.4, 0.5) is 0 Å². The molecule has 1 heterocycles. The number of alkyl halides is 1. The van der Waals surface area contributed by atoms with Gasteiger partial charge in [-0.2, -0.15) is 0 Å². The fourth-order valence-corrected chi connectivity index (χ4v) is 5.07. The van der Waals surface area contributed by atoms with Gasteiger partial charge in [-0.1, -0.05) is 66.7 Å². The number of rotatable bonds is 0. The van der Waals surface area contributed by atoms with Crippen molar-refractivity contribution in [3.05, 3.63) is 110 Å². The summed E-state index contributed by atoms with van der Waals surface area (Å²) in [7, 11) is 0. The fraction of sp³-hybridized carbons (Fsp3) is 0.207. The Balaban J connectivity index is 0.000000174. The Morgan fingerprint density at radius 1 is 0.844 bits per heavy atom. The van der Waals surface area contributed by atoms with Crippen LogP contribution in [0.3, 0.4) is 0 Å². The summed E-state index contributed by atoms with van der Waals surface area (Å²) in [4.78, 5) is 4.08. The smallest absolute Gasteiger partial charge is 0.0554 e. The molecule has 0 saturated carbocycles. The Labute approximate surface area is 200 Å². The van der Waals surface area contributed by atoms with Crippen molar-refractivity contribution >= 4 is 47.9 Å². The van der Waals surface area contributed by atoms with Gasteiger partial charge in [0.1, 0.15) is 0 Å². The normalized spacial score (nSPS) is 17.2. The van der Waals surface area contributed by atoms with Gasteiger partial charge in [-0.3, -0.25) is 4.99 Å². The minimum Gasteiger partial charge on any atom is -0.269 e. The van der Waals surface area contributed by atoms with E-state index in [1.807, 2.05) is 18.5 Å². The largest absolute Gasteiger partial charge is 0.269 e. The van der Waals surface area contributed by atoms with Gasteiger partial charge in [0.05, 0.1) is 5.38 Å². The lowest BCUT2D eigenvalue weighted by atomic mass is 9.86. The van der Waals surface area contributed by atoms with E-state index in [1.165, 1.54) is 48.7 Å². The van der Waals surface area contributed by atoms with Crippen LogP contribution in [-0.2, 0) is 19.3 Å². The van der Waals surface area contributed by atoms with Crippen molar-refractivity contribution in [1.82, 2.24) is 0 Å². The molecule has 0 unspecified atom stereocenters. The Morgan fingerprint density at radius 3 is 2.53 bits per heavy atom. The van der Waals surface area contributed by atoms with Gasteiger partial charge in [0.2, 0.25) is 0 Å². The van der Waals surface area contributed by atoms with E-state index in [1.54, 1.807) is 0 Å². The quantitative estimate of drug-likeness (QED) is 0.380. The number of benzene rings is 3. The first-order valence-corrected chi connectivity index (χ1v) is 11.5. The third-order valence-corrected chi connectivity index (χ3v) is 7.11. The number of nitrogens with zero attached hydrogens (tertiary/aromatic N) is 1. The SMILES string of the molecule is C1=Cc2ccccc2CC=N1.CC1=c2ccc3c(c2CC[C@H]1Cl)CC=c1ccccc1=3.Cl. The summed E-state index contributed by atoms with van der Waals surface area (Å²) in [5, 5.41) is 5.76. The molecule has 0 spiro atoms. The van der Waals surface area contributed by atoms with Gasteiger partial charge in [-0.25, -0.2) is 0 Å². The number of aliphatic imine (C=N–C) groups is 1. The molecular weight excluding hydrogens is 433 g/mol. The van der Waals surface area contributed by atoms with Crippen molar-refractivity contribution in [2.45, 2.75) is 38.0 Å². The maximum atomic E-state index is 6.41. The highest BCUT2D eigenvalue weighted by Crippen LogP contribution is 2.24. The standard InChI is InChI=1S/C19H17Cl.C10H9N.ClH/c1-12-14-8-9-17-15-5-3-2-4-13(15)6-7-18(17)16(14)10-11-19(12)20;1-2-4-10-6-8-11-7-5-9(10)3-1;/h2-6,8-9,19H,7,10-11H2,1H3;1-5,7-8H,6H2;1H/t19-;;/m1../s1. The first-order valence-electron chi connectivity index (χ1n) is 11.0. The minimum absolute atomic E-state index is 0. The van der Waals surface area contributed by atoms with Gasteiger partial charge in [0.25, 0.3) is 0 Å². The number of halogens is 2. The number of fused-ring (bicyclic) bond motifs is 5. The Kier molecular flexibility index (Phi) is 6.98. The summed E-state index contributed by atoms with van der Waals surface area (Å²) >= 11 is 6.41. The molecule has 0 radical (unpaired) electrons. The second-order valence-electron chi connectivity index (χ2n) is 8.35. The van der Waals surface area contributed by atoms with Crippen LogP contribution in [-0.4, -0.2) is 11.6 Å². The molecule has 1 aliphatic heterocycles. The molecule has 3 aromatic rings. The van der Waals surface area contributed by atoms with Gasteiger partial charge < -0.3 is 0 Å². The van der Waals surface area contributed by atoms with Crippen molar-refractivity contribution in [2.24, 2.45) is 4.99 Å². The van der Waals surface area contributed by atoms with Gasteiger partial charge in [-0.15, -0.1) is 24.0 Å². The van der Waals surface area contributed by atoms with Gasteiger partial charge in [0.15, 0.2) is 0 Å². The van der Waals surface area contributed by atoms with E-state index in [0.29, 0.717) is 0 Å². The predicted molar refractivity (Wildman–Crippen MR) is 140 cm³/mol. The van der Waals surface area contributed by atoms with Crippen LogP contribution in [0.25, 0.3) is 17.7 Å². The molecular formula is C29H27Cl2N. The van der Waals surface area contributed by atoms with Crippen LogP contribution < -0.4 is 10.4 Å². The van der Waals surface area contributed by atoms with Crippen LogP contribution in [0.1, 0.15) is 35.6 Å². The molecule has 0 N–H and O–H groups in total. The van der Waals surface area contributed by atoms with Crippen molar-refractivity contribution in [2.75, 3.05) is 0 Å². The van der Waals surface area contributed by atoms with E-state index >= 15 is 0 Å². The average Bonchev–Trinajstić information content (AvgIpc) is 3.07. The highest BCUT2D eigenvalue weighted by molar-refractivity contribution is 6.25. The average molecular weight is 460 g/mol. The highest BCUT2D eigenvalue weighted by Gasteiger charge is 2.18. The molecule has 3 heteroatoms. The highest BCUT2D eigenvalue weighted by atomic mass is 35.5. The first kappa shape index (κ1) is 22.6. The maximum absolute atomic E-state index is 6.41. The molecule has 3 aliphatic rings. The first-order chi connectivity index (χ1) is 15.2. The maximum Gasteiger partial charge on any atom is 0.0554 e. The van der Waals surface area contributed by atoms with E-state index in [-0.39, 0.29) is 17.8 Å². The zero-order valence-electron chi connectivity index (χ0n) is 18.2. The third-order valence-electron chi connectivity index (χ3n) is 6.56. The van der Waals surface area contributed by atoms with E-state index < -0.39 is 0 Å². The second kappa shape index (κ2) is 9.90. The molecule has 0 amide bonds. The predicted octanol–water partition coefficient (Wildman–Crippen LogP) is 5.74. The molecule has 162 valence electrons. The van der Waals surface area contributed by atoms with Crippen LogP contribution in [0.2, 0.25) is 0 Å². The lowest BCUT2D eigenvalue weighted by molar-refractivity contribution is 0.811. The molecule has 32 heavy (non-hydrogen) atoms. The topological polar surface area (TPSA) is 12.4 Å². The second-order valence-corrected chi connectivity index (χ2v) is 8.88.